The predicted octanol–water partition coefficient (Wildman–Crippen LogP) is 5.58. The van der Waals surface area contributed by atoms with Crippen molar-refractivity contribution in [3.63, 3.8) is 0 Å². The van der Waals surface area contributed by atoms with Crippen LogP contribution in [0.2, 0.25) is 0 Å². The molecule has 0 fully saturated rings. The lowest BCUT2D eigenvalue weighted by Gasteiger charge is -2.15. The van der Waals surface area contributed by atoms with Crippen LogP contribution in [0.15, 0.2) is 60.2 Å². The molecule has 162 valence electrons. The van der Waals surface area contributed by atoms with Gasteiger partial charge in [0.1, 0.15) is 4.88 Å². The molecule has 4 aromatic rings. The van der Waals surface area contributed by atoms with Crippen molar-refractivity contribution in [3.05, 3.63) is 65.1 Å². The van der Waals surface area contributed by atoms with Crippen molar-refractivity contribution >= 4 is 44.8 Å². The molecular formula is C23H20N4O3S2. The quantitative estimate of drug-likeness (QED) is 0.332. The number of aromatic nitrogens is 3. The van der Waals surface area contributed by atoms with Crippen LogP contribution in [0, 0.1) is 0 Å². The molecule has 0 atom stereocenters. The largest absolute Gasteiger partial charge is 0.462 e. The Bertz CT molecular complexity index is 1220. The lowest BCUT2D eigenvalue weighted by Crippen LogP contribution is -2.24. The molecule has 0 radical (unpaired) electrons. The van der Waals surface area contributed by atoms with Gasteiger partial charge in [0.2, 0.25) is 5.91 Å². The third-order valence-corrected chi connectivity index (χ3v) is 6.37. The predicted molar refractivity (Wildman–Crippen MR) is 126 cm³/mol. The van der Waals surface area contributed by atoms with E-state index in [1.807, 2.05) is 35.7 Å². The van der Waals surface area contributed by atoms with Crippen LogP contribution in [0.25, 0.3) is 22.5 Å². The highest BCUT2D eigenvalue weighted by molar-refractivity contribution is 7.19. The number of esters is 1. The third kappa shape index (κ3) is 4.44. The second kappa shape index (κ2) is 9.80. The lowest BCUT2D eigenvalue weighted by atomic mass is 10.2. The van der Waals surface area contributed by atoms with Gasteiger partial charge in [0.15, 0.2) is 10.3 Å². The molecule has 7 nitrogen and oxygen atoms in total. The Morgan fingerprint density at radius 1 is 0.969 bits per heavy atom. The number of amides is 1. The Morgan fingerprint density at radius 2 is 1.72 bits per heavy atom. The summed E-state index contributed by atoms with van der Waals surface area (Å²) in [6, 6.07) is 13.3. The minimum atomic E-state index is -0.476. The van der Waals surface area contributed by atoms with Gasteiger partial charge in [0, 0.05) is 35.3 Å². The monoisotopic (exact) mass is 464 g/mol. The fourth-order valence-electron chi connectivity index (χ4n) is 3.01. The smallest absolute Gasteiger partial charge is 0.350 e. The van der Waals surface area contributed by atoms with Crippen LogP contribution in [0.3, 0.4) is 0 Å². The molecule has 0 bridgehead atoms. The summed E-state index contributed by atoms with van der Waals surface area (Å²) < 4.78 is 5.24. The van der Waals surface area contributed by atoms with Crippen molar-refractivity contribution in [2.24, 2.45) is 0 Å². The molecule has 1 aromatic carbocycles. The van der Waals surface area contributed by atoms with E-state index >= 15 is 0 Å². The van der Waals surface area contributed by atoms with E-state index in [2.05, 4.69) is 15.0 Å². The standard InChI is InChI=1S/C23H20N4O3S2/c1-3-18(28)27(22-25-17(14-31-22)15-8-6-5-7-9-15)23-26-19(16-10-12-24-13-11-16)20(32-23)21(29)30-4-2/h5-14H,3-4H2,1-2H3. The van der Waals surface area contributed by atoms with E-state index in [1.165, 1.54) is 16.2 Å². The normalized spacial score (nSPS) is 10.7. The summed E-state index contributed by atoms with van der Waals surface area (Å²) in [6.45, 7) is 3.77. The summed E-state index contributed by atoms with van der Waals surface area (Å²) >= 11 is 2.47. The molecule has 0 spiro atoms. The van der Waals surface area contributed by atoms with Crippen molar-refractivity contribution in [2.45, 2.75) is 20.3 Å². The number of benzene rings is 1. The van der Waals surface area contributed by atoms with Gasteiger partial charge in [-0.15, -0.1) is 11.3 Å². The van der Waals surface area contributed by atoms with Gasteiger partial charge in [-0.25, -0.2) is 19.7 Å². The van der Waals surface area contributed by atoms with Crippen LogP contribution < -0.4 is 4.90 Å². The first kappa shape index (κ1) is 21.8. The average molecular weight is 465 g/mol. The first-order chi connectivity index (χ1) is 15.6. The van der Waals surface area contributed by atoms with E-state index in [0.29, 0.717) is 20.8 Å². The van der Waals surface area contributed by atoms with Gasteiger partial charge in [-0.2, -0.15) is 0 Å². The van der Waals surface area contributed by atoms with E-state index < -0.39 is 5.97 Å². The molecule has 9 heteroatoms. The molecule has 0 unspecified atom stereocenters. The molecule has 3 aromatic heterocycles. The number of anilines is 2. The van der Waals surface area contributed by atoms with Crippen molar-refractivity contribution in [1.29, 1.82) is 0 Å². The highest BCUT2D eigenvalue weighted by Gasteiger charge is 2.28. The van der Waals surface area contributed by atoms with Gasteiger partial charge in [0.05, 0.1) is 18.0 Å². The number of nitrogens with zero attached hydrogens (tertiary/aromatic N) is 4. The van der Waals surface area contributed by atoms with Crippen molar-refractivity contribution in [3.8, 4) is 22.5 Å². The van der Waals surface area contributed by atoms with Crippen LogP contribution in [0.4, 0.5) is 10.3 Å². The molecule has 0 aliphatic carbocycles. The Labute approximate surface area is 193 Å². The number of carbonyl (C=O) groups excluding carboxylic acids is 2. The number of ether oxygens (including phenoxy) is 1. The first-order valence-corrected chi connectivity index (χ1v) is 11.7. The van der Waals surface area contributed by atoms with Crippen molar-refractivity contribution in [1.82, 2.24) is 15.0 Å². The van der Waals surface area contributed by atoms with E-state index in [0.717, 1.165) is 28.2 Å². The Hall–Kier alpha value is -3.43. The van der Waals surface area contributed by atoms with Gasteiger partial charge in [-0.3, -0.25) is 9.78 Å². The number of hydrogen-bond acceptors (Lipinski definition) is 8. The maximum absolute atomic E-state index is 12.9. The summed E-state index contributed by atoms with van der Waals surface area (Å²) in [6.07, 6.45) is 3.52. The fourth-order valence-corrected chi connectivity index (χ4v) is 4.92. The molecule has 0 N–H and O–H groups in total. The second-order valence-electron chi connectivity index (χ2n) is 6.59. The summed E-state index contributed by atoms with van der Waals surface area (Å²) in [5, 5.41) is 2.78. The van der Waals surface area contributed by atoms with Gasteiger partial charge < -0.3 is 4.74 Å². The molecule has 3 heterocycles. The van der Waals surface area contributed by atoms with Crippen LogP contribution in [-0.4, -0.2) is 33.4 Å². The Balaban J connectivity index is 1.80. The summed E-state index contributed by atoms with van der Waals surface area (Å²) in [5.41, 5.74) is 2.91. The van der Waals surface area contributed by atoms with E-state index in [1.54, 1.807) is 38.4 Å². The number of hydrogen-bond donors (Lipinski definition) is 0. The van der Waals surface area contributed by atoms with Crippen molar-refractivity contribution < 1.29 is 14.3 Å². The number of rotatable bonds is 7. The van der Waals surface area contributed by atoms with E-state index in [-0.39, 0.29) is 18.9 Å². The summed E-state index contributed by atoms with van der Waals surface area (Å²) in [4.78, 5) is 40.8. The highest BCUT2D eigenvalue weighted by Crippen LogP contribution is 2.39. The molecule has 4 rings (SSSR count). The maximum atomic E-state index is 12.9. The van der Waals surface area contributed by atoms with Crippen LogP contribution in [0.1, 0.15) is 29.9 Å². The molecule has 0 aliphatic heterocycles. The van der Waals surface area contributed by atoms with Gasteiger partial charge in [-0.05, 0) is 19.1 Å². The minimum absolute atomic E-state index is 0.163. The zero-order chi connectivity index (χ0) is 22.5. The maximum Gasteiger partial charge on any atom is 0.350 e. The molecule has 0 saturated heterocycles. The van der Waals surface area contributed by atoms with Crippen LogP contribution in [0.5, 0.6) is 0 Å². The Kier molecular flexibility index (Phi) is 6.67. The summed E-state index contributed by atoms with van der Waals surface area (Å²) in [5.74, 6) is -0.638. The topological polar surface area (TPSA) is 85.3 Å². The second-order valence-corrected chi connectivity index (χ2v) is 8.41. The van der Waals surface area contributed by atoms with Gasteiger partial charge in [0.25, 0.3) is 0 Å². The fraction of sp³-hybridized carbons (Fsp3) is 0.174. The Morgan fingerprint density at radius 3 is 2.41 bits per heavy atom. The van der Waals surface area contributed by atoms with E-state index in [4.69, 9.17) is 4.74 Å². The molecule has 0 aliphatic rings. The molecule has 1 amide bonds. The van der Waals surface area contributed by atoms with Gasteiger partial charge in [-0.1, -0.05) is 48.6 Å². The van der Waals surface area contributed by atoms with E-state index in [9.17, 15) is 9.59 Å². The zero-order valence-electron chi connectivity index (χ0n) is 17.5. The summed E-state index contributed by atoms with van der Waals surface area (Å²) in [7, 11) is 0. The number of carbonyl (C=O) groups is 2. The van der Waals surface area contributed by atoms with Crippen molar-refractivity contribution in [2.75, 3.05) is 11.5 Å². The first-order valence-electron chi connectivity index (χ1n) is 10.0. The molecule has 32 heavy (non-hydrogen) atoms. The van der Waals surface area contributed by atoms with Gasteiger partial charge >= 0.3 is 5.97 Å². The highest BCUT2D eigenvalue weighted by atomic mass is 32.1. The number of thiazole rings is 2. The van der Waals surface area contributed by atoms with Crippen LogP contribution in [-0.2, 0) is 9.53 Å². The average Bonchev–Trinajstić information content (AvgIpc) is 3.49. The molecular weight excluding hydrogens is 444 g/mol. The third-order valence-electron chi connectivity index (χ3n) is 4.53. The molecule has 0 saturated carbocycles. The SMILES string of the molecule is CCOC(=O)c1sc(N(C(=O)CC)c2nc(-c3ccccc3)cs2)nc1-c1ccncc1. The van der Waals surface area contributed by atoms with Crippen LogP contribution >= 0.6 is 22.7 Å². The lowest BCUT2D eigenvalue weighted by molar-refractivity contribution is -0.117. The zero-order valence-corrected chi connectivity index (χ0v) is 19.2. The minimum Gasteiger partial charge on any atom is -0.462 e. The number of pyridine rings is 1.